The summed E-state index contributed by atoms with van der Waals surface area (Å²) in [6.07, 6.45) is 0. The van der Waals surface area contributed by atoms with E-state index in [4.69, 9.17) is 0 Å². The Hall–Kier alpha value is -3.81. The maximum absolute atomic E-state index is 13.3. The van der Waals surface area contributed by atoms with Crippen molar-refractivity contribution in [3.8, 4) is 5.69 Å². The van der Waals surface area contributed by atoms with Gasteiger partial charge in [0, 0.05) is 6.54 Å². The third-order valence-corrected chi connectivity index (χ3v) is 5.24. The lowest BCUT2D eigenvalue weighted by atomic mass is 10.2. The summed E-state index contributed by atoms with van der Waals surface area (Å²) in [7, 11) is 0. The van der Waals surface area contributed by atoms with Crippen LogP contribution in [0.4, 0.5) is 4.39 Å². The Kier molecular flexibility index (Phi) is 5.37. The molecular weight excluding hydrogens is 397 g/mol. The fourth-order valence-corrected chi connectivity index (χ4v) is 3.56. The van der Waals surface area contributed by atoms with Gasteiger partial charge in [0.05, 0.1) is 22.5 Å². The van der Waals surface area contributed by atoms with Gasteiger partial charge in [0.15, 0.2) is 0 Å². The predicted octanol–water partition coefficient (Wildman–Crippen LogP) is 3.22. The molecule has 4 aromatic rings. The van der Waals surface area contributed by atoms with E-state index in [2.05, 4.69) is 15.5 Å². The van der Waals surface area contributed by atoms with Gasteiger partial charge in [-0.3, -0.25) is 9.59 Å². The first-order chi connectivity index (χ1) is 14.9. The highest BCUT2D eigenvalue weighted by Crippen LogP contribution is 2.20. The average molecular weight is 419 g/mol. The van der Waals surface area contributed by atoms with Crippen LogP contribution in [0.3, 0.4) is 0 Å². The van der Waals surface area contributed by atoms with Crippen LogP contribution in [-0.4, -0.2) is 25.5 Å². The van der Waals surface area contributed by atoms with Crippen LogP contribution in [0, 0.1) is 19.7 Å². The highest BCUT2D eigenvalue weighted by Gasteiger charge is 2.23. The third-order valence-electron chi connectivity index (χ3n) is 5.24. The molecule has 0 aliphatic heterocycles. The lowest BCUT2D eigenvalue weighted by Gasteiger charge is -2.15. The number of rotatable bonds is 5. The number of halogens is 1. The van der Waals surface area contributed by atoms with Gasteiger partial charge in [0.25, 0.3) is 5.56 Å². The molecule has 0 aliphatic rings. The standard InChI is InChI=1S/C23H22FN5O2/c1-14-21-20(15(2)28(27-21)19-10-5-4-6-11-19)23(31)29(26-14)16(3)22(30)25-13-17-8-7-9-18(24)12-17/h4-12,16H,13H2,1-3H3,(H,25,30)/t16-/m1/s1. The molecule has 2 heterocycles. The zero-order chi connectivity index (χ0) is 22.1. The molecule has 4 rings (SSSR count). The van der Waals surface area contributed by atoms with Crippen molar-refractivity contribution < 1.29 is 9.18 Å². The van der Waals surface area contributed by atoms with Crippen molar-refractivity contribution in [1.82, 2.24) is 24.9 Å². The van der Waals surface area contributed by atoms with Crippen molar-refractivity contribution in [2.75, 3.05) is 0 Å². The van der Waals surface area contributed by atoms with E-state index in [0.29, 0.717) is 27.9 Å². The van der Waals surface area contributed by atoms with Crippen molar-refractivity contribution in [2.24, 2.45) is 0 Å². The van der Waals surface area contributed by atoms with Gasteiger partial charge >= 0.3 is 0 Å². The van der Waals surface area contributed by atoms with E-state index in [0.717, 1.165) is 5.69 Å². The van der Waals surface area contributed by atoms with Gasteiger partial charge in [-0.25, -0.2) is 13.8 Å². The molecule has 7 nitrogen and oxygen atoms in total. The molecule has 1 amide bonds. The molecule has 1 N–H and O–H groups in total. The first-order valence-corrected chi connectivity index (χ1v) is 9.93. The van der Waals surface area contributed by atoms with Crippen molar-refractivity contribution in [3.05, 3.63) is 87.7 Å². The smallest absolute Gasteiger partial charge is 0.278 e. The van der Waals surface area contributed by atoms with Gasteiger partial charge in [-0.1, -0.05) is 30.3 Å². The molecule has 0 radical (unpaired) electrons. The summed E-state index contributed by atoms with van der Waals surface area (Å²) in [5, 5.41) is 12.1. The molecule has 0 fully saturated rings. The summed E-state index contributed by atoms with van der Waals surface area (Å²) in [5.41, 5.74) is 2.83. The number of carbonyl (C=O) groups excluding carboxylic acids is 1. The minimum atomic E-state index is -0.844. The molecule has 0 unspecified atom stereocenters. The van der Waals surface area contributed by atoms with Crippen LogP contribution < -0.4 is 10.9 Å². The largest absolute Gasteiger partial charge is 0.350 e. The topological polar surface area (TPSA) is 81.8 Å². The first kappa shape index (κ1) is 20.5. The second kappa shape index (κ2) is 8.14. The highest BCUT2D eigenvalue weighted by molar-refractivity contribution is 5.84. The van der Waals surface area contributed by atoms with Crippen LogP contribution in [0.5, 0.6) is 0 Å². The van der Waals surface area contributed by atoms with Gasteiger partial charge in [0.1, 0.15) is 17.4 Å². The Morgan fingerprint density at radius 1 is 1.10 bits per heavy atom. The Balaban J connectivity index is 1.67. The van der Waals surface area contributed by atoms with Crippen molar-refractivity contribution in [2.45, 2.75) is 33.4 Å². The summed E-state index contributed by atoms with van der Waals surface area (Å²) in [5.74, 6) is -0.754. The number of carbonyl (C=O) groups is 1. The number of amides is 1. The maximum atomic E-state index is 13.3. The number of aryl methyl sites for hydroxylation is 2. The van der Waals surface area contributed by atoms with Gasteiger partial charge < -0.3 is 5.32 Å². The molecule has 0 spiro atoms. The zero-order valence-corrected chi connectivity index (χ0v) is 17.5. The fraction of sp³-hybridized carbons (Fsp3) is 0.217. The summed E-state index contributed by atoms with van der Waals surface area (Å²) < 4.78 is 16.2. The van der Waals surface area contributed by atoms with Gasteiger partial charge in [-0.15, -0.1) is 0 Å². The van der Waals surface area contributed by atoms with Gasteiger partial charge in [-0.2, -0.15) is 10.2 Å². The Labute approximate surface area is 178 Å². The summed E-state index contributed by atoms with van der Waals surface area (Å²) >= 11 is 0. The second-order valence-electron chi connectivity index (χ2n) is 7.42. The minimum Gasteiger partial charge on any atom is -0.350 e. The molecular formula is C23H22FN5O2. The van der Waals surface area contributed by atoms with Crippen LogP contribution in [0.1, 0.15) is 29.9 Å². The number of hydrogen-bond acceptors (Lipinski definition) is 4. The summed E-state index contributed by atoms with van der Waals surface area (Å²) in [4.78, 5) is 25.9. The van der Waals surface area contributed by atoms with E-state index in [1.807, 2.05) is 37.3 Å². The van der Waals surface area contributed by atoms with E-state index in [-0.39, 0.29) is 23.8 Å². The average Bonchev–Trinajstić information content (AvgIpc) is 3.13. The maximum Gasteiger partial charge on any atom is 0.278 e. The number of nitrogens with one attached hydrogen (secondary N) is 1. The van der Waals surface area contributed by atoms with Gasteiger partial charge in [0.2, 0.25) is 5.91 Å². The van der Waals surface area contributed by atoms with Crippen LogP contribution in [-0.2, 0) is 11.3 Å². The third kappa shape index (κ3) is 3.84. The van der Waals surface area contributed by atoms with E-state index in [1.54, 1.807) is 30.7 Å². The number of fused-ring (bicyclic) bond motifs is 1. The summed E-state index contributed by atoms with van der Waals surface area (Å²) in [6, 6.07) is 14.7. The molecule has 0 saturated carbocycles. The van der Waals surface area contributed by atoms with Crippen molar-refractivity contribution in [3.63, 3.8) is 0 Å². The van der Waals surface area contributed by atoms with E-state index < -0.39 is 6.04 Å². The van der Waals surface area contributed by atoms with Crippen molar-refractivity contribution >= 4 is 16.8 Å². The predicted molar refractivity (Wildman–Crippen MR) is 116 cm³/mol. The second-order valence-corrected chi connectivity index (χ2v) is 7.42. The van der Waals surface area contributed by atoms with E-state index >= 15 is 0 Å². The lowest BCUT2D eigenvalue weighted by Crippen LogP contribution is -2.37. The van der Waals surface area contributed by atoms with Crippen LogP contribution in [0.15, 0.2) is 59.4 Å². The number of aromatic nitrogens is 4. The minimum absolute atomic E-state index is 0.155. The van der Waals surface area contributed by atoms with Crippen LogP contribution in [0.25, 0.3) is 16.6 Å². The molecule has 8 heteroatoms. The molecule has 2 aromatic heterocycles. The Morgan fingerprint density at radius 2 is 1.84 bits per heavy atom. The fourth-order valence-electron chi connectivity index (χ4n) is 3.56. The molecule has 0 bridgehead atoms. The monoisotopic (exact) mass is 419 g/mol. The quantitative estimate of drug-likeness (QED) is 0.539. The zero-order valence-electron chi connectivity index (χ0n) is 17.5. The Morgan fingerprint density at radius 3 is 2.55 bits per heavy atom. The van der Waals surface area contributed by atoms with Crippen LogP contribution in [0.2, 0.25) is 0 Å². The number of para-hydroxylation sites is 1. The van der Waals surface area contributed by atoms with Crippen LogP contribution >= 0.6 is 0 Å². The molecule has 1 atom stereocenters. The first-order valence-electron chi connectivity index (χ1n) is 9.93. The number of nitrogens with zero attached hydrogens (tertiary/aromatic N) is 4. The molecule has 2 aromatic carbocycles. The van der Waals surface area contributed by atoms with Crippen molar-refractivity contribution in [1.29, 1.82) is 0 Å². The number of benzene rings is 2. The van der Waals surface area contributed by atoms with E-state index in [1.165, 1.54) is 16.8 Å². The SMILES string of the molecule is Cc1nn([C@H](C)C(=O)NCc2cccc(F)c2)c(=O)c2c(C)n(-c3ccccc3)nc12. The highest BCUT2D eigenvalue weighted by atomic mass is 19.1. The number of hydrogen-bond donors (Lipinski definition) is 1. The van der Waals surface area contributed by atoms with E-state index in [9.17, 15) is 14.0 Å². The molecule has 158 valence electrons. The molecule has 31 heavy (non-hydrogen) atoms. The lowest BCUT2D eigenvalue weighted by molar-refractivity contribution is -0.124. The normalized spacial score (nSPS) is 12.1. The summed E-state index contributed by atoms with van der Waals surface area (Å²) in [6.45, 7) is 5.35. The molecule has 0 saturated heterocycles. The van der Waals surface area contributed by atoms with Gasteiger partial charge in [-0.05, 0) is 50.6 Å². The molecule has 0 aliphatic carbocycles. The Bertz CT molecular complexity index is 1330.